The molecule has 0 heteroatoms. The van der Waals surface area contributed by atoms with Crippen LogP contribution in [0.4, 0.5) is 0 Å². The maximum Gasteiger partial charge on any atom is -0.0380 e. The molecule has 0 saturated heterocycles. The molecule has 0 fully saturated rings. The van der Waals surface area contributed by atoms with Gasteiger partial charge in [-0.1, -0.05) is 96.4 Å². The minimum atomic E-state index is 0.522. The minimum absolute atomic E-state index is 0.522. The van der Waals surface area contributed by atoms with Crippen molar-refractivity contribution in [2.75, 3.05) is 0 Å². The highest BCUT2D eigenvalue weighted by Gasteiger charge is 2.11. The third-order valence-corrected chi connectivity index (χ3v) is 2.96. The first-order valence-corrected chi connectivity index (χ1v) is 9.60. The fourth-order valence-corrected chi connectivity index (χ4v) is 2.92. The molecule has 0 N–H and O–H groups in total. The van der Waals surface area contributed by atoms with Gasteiger partial charge in [0.2, 0.25) is 0 Å². The summed E-state index contributed by atoms with van der Waals surface area (Å²) in [7, 11) is 0. The second kappa shape index (κ2) is 13.4. The van der Waals surface area contributed by atoms with Crippen LogP contribution < -0.4 is 0 Å². The standard InChI is InChI=1S/C8H18.2C7H16/c1-7(2)6-8(3,4)5;1-6(2)5-7(3)4;1-5-6-7(2,3)4/h7H,6H2,1-5H3;6-7H,5H2,1-4H3;5-6H2,1-4H3. The van der Waals surface area contributed by atoms with Gasteiger partial charge in [0.15, 0.2) is 0 Å². The summed E-state index contributed by atoms with van der Waals surface area (Å²) in [6.07, 6.45) is 5.34. The quantitative estimate of drug-likeness (QED) is 0.487. The maximum absolute atomic E-state index is 2.28. The average molecular weight is 315 g/mol. The molecule has 0 atom stereocenters. The van der Waals surface area contributed by atoms with Crippen molar-refractivity contribution in [3.63, 3.8) is 0 Å². The third kappa shape index (κ3) is 42.7. The Bertz CT molecular complexity index is 201. The third-order valence-electron chi connectivity index (χ3n) is 2.96. The maximum atomic E-state index is 2.28. The summed E-state index contributed by atoms with van der Waals surface area (Å²) in [5.74, 6) is 2.59. The fraction of sp³-hybridized carbons (Fsp3) is 1.00. The summed E-state index contributed by atoms with van der Waals surface area (Å²) in [5.41, 5.74) is 1.07. The van der Waals surface area contributed by atoms with Gasteiger partial charge in [0.05, 0.1) is 0 Å². The molecule has 0 spiro atoms. The summed E-state index contributed by atoms with van der Waals surface area (Å²) < 4.78 is 0. The van der Waals surface area contributed by atoms with Crippen molar-refractivity contribution in [3.05, 3.63) is 0 Å². The summed E-state index contributed by atoms with van der Waals surface area (Å²) >= 11 is 0. The lowest BCUT2D eigenvalue weighted by molar-refractivity contribution is 0.320. The van der Waals surface area contributed by atoms with E-state index >= 15 is 0 Å². The van der Waals surface area contributed by atoms with Gasteiger partial charge in [-0.3, -0.25) is 0 Å². The van der Waals surface area contributed by atoms with Gasteiger partial charge < -0.3 is 0 Å². The molecule has 0 amide bonds. The molecular weight excluding hydrogens is 264 g/mol. The molecule has 0 aliphatic carbocycles. The van der Waals surface area contributed by atoms with Gasteiger partial charge in [0, 0.05) is 0 Å². The second-order valence-electron chi connectivity index (χ2n) is 10.5. The SMILES string of the molecule is CC(C)CC(C)(C)C.CC(C)CC(C)C.CCCC(C)(C)C. The molecule has 138 valence electrons. The molecule has 0 rings (SSSR count). The molecule has 0 saturated carbocycles. The van der Waals surface area contributed by atoms with Crippen molar-refractivity contribution in [2.45, 2.75) is 116 Å². The number of hydrogen-bond donors (Lipinski definition) is 0. The topological polar surface area (TPSA) is 0 Å². The van der Waals surface area contributed by atoms with E-state index in [1.165, 1.54) is 25.7 Å². The Morgan fingerprint density at radius 3 is 0.955 bits per heavy atom. The predicted molar refractivity (Wildman–Crippen MR) is 108 cm³/mol. The fourth-order valence-electron chi connectivity index (χ4n) is 2.92. The molecule has 0 aliphatic rings. The first kappa shape index (κ1) is 26.9. The lowest BCUT2D eigenvalue weighted by Gasteiger charge is -2.19. The molecule has 0 nitrogen and oxygen atoms in total. The summed E-state index contributed by atoms with van der Waals surface area (Å²) in [5, 5.41) is 0. The van der Waals surface area contributed by atoms with E-state index in [1.54, 1.807) is 0 Å². The van der Waals surface area contributed by atoms with Crippen LogP contribution in [0.3, 0.4) is 0 Å². The Balaban J connectivity index is -0.000000247. The highest BCUT2D eigenvalue weighted by atomic mass is 14.2. The van der Waals surface area contributed by atoms with Gasteiger partial charge in [0.25, 0.3) is 0 Å². The number of hydrogen-bond acceptors (Lipinski definition) is 0. The second-order valence-corrected chi connectivity index (χ2v) is 10.5. The van der Waals surface area contributed by atoms with Crippen LogP contribution in [0.25, 0.3) is 0 Å². The van der Waals surface area contributed by atoms with E-state index < -0.39 is 0 Å². The van der Waals surface area contributed by atoms with Crippen LogP contribution >= 0.6 is 0 Å². The van der Waals surface area contributed by atoms with Crippen molar-refractivity contribution in [1.29, 1.82) is 0 Å². The van der Waals surface area contributed by atoms with Crippen molar-refractivity contribution in [2.24, 2.45) is 28.6 Å². The van der Waals surface area contributed by atoms with Gasteiger partial charge in [0.1, 0.15) is 0 Å². The van der Waals surface area contributed by atoms with Crippen molar-refractivity contribution >= 4 is 0 Å². The molecule has 22 heavy (non-hydrogen) atoms. The van der Waals surface area contributed by atoms with Gasteiger partial charge in [-0.05, 0) is 47.8 Å². The predicted octanol–water partition coefficient (Wildman–Crippen LogP) is 8.60. The average Bonchev–Trinajstić information content (AvgIpc) is 2.09. The molecule has 0 aromatic rings. The molecule has 0 aromatic carbocycles. The molecule has 0 bridgehead atoms. The van der Waals surface area contributed by atoms with Gasteiger partial charge in [-0.2, -0.15) is 0 Å². The van der Waals surface area contributed by atoms with Crippen LogP contribution in [-0.2, 0) is 0 Å². The van der Waals surface area contributed by atoms with Crippen LogP contribution in [0.15, 0.2) is 0 Å². The lowest BCUT2D eigenvalue weighted by Crippen LogP contribution is -2.08. The van der Waals surface area contributed by atoms with Crippen molar-refractivity contribution < 1.29 is 0 Å². The summed E-state index contributed by atoms with van der Waals surface area (Å²) in [4.78, 5) is 0. The van der Waals surface area contributed by atoms with E-state index in [2.05, 4.69) is 90.0 Å². The van der Waals surface area contributed by atoms with Gasteiger partial charge in [-0.25, -0.2) is 0 Å². The molecule has 0 aromatic heterocycles. The van der Waals surface area contributed by atoms with E-state index in [4.69, 9.17) is 0 Å². The smallest absolute Gasteiger partial charge is 0.0380 e. The minimum Gasteiger partial charge on any atom is -0.0654 e. The van der Waals surface area contributed by atoms with Crippen LogP contribution in [-0.4, -0.2) is 0 Å². The van der Waals surface area contributed by atoms with Crippen LogP contribution in [0.1, 0.15) is 116 Å². The zero-order valence-corrected chi connectivity index (χ0v) is 18.6. The van der Waals surface area contributed by atoms with Crippen LogP contribution in [0.5, 0.6) is 0 Å². The van der Waals surface area contributed by atoms with Crippen molar-refractivity contribution in [1.82, 2.24) is 0 Å². The van der Waals surface area contributed by atoms with E-state index in [9.17, 15) is 0 Å². The van der Waals surface area contributed by atoms with Gasteiger partial charge in [-0.15, -0.1) is 0 Å². The zero-order valence-electron chi connectivity index (χ0n) is 18.6. The van der Waals surface area contributed by atoms with E-state index in [0.29, 0.717) is 10.8 Å². The summed E-state index contributed by atoms with van der Waals surface area (Å²) in [6.45, 7) is 29.5. The normalized spacial score (nSPS) is 12.0. The first-order valence-electron chi connectivity index (χ1n) is 9.60. The molecular formula is C22H50. The van der Waals surface area contributed by atoms with E-state index in [1.807, 2.05) is 0 Å². The molecule has 0 radical (unpaired) electrons. The first-order chi connectivity index (χ1) is 9.60. The highest BCUT2D eigenvalue weighted by molar-refractivity contribution is 4.62. The largest absolute Gasteiger partial charge is 0.0654 e. The molecule has 0 heterocycles. The van der Waals surface area contributed by atoms with Crippen LogP contribution in [0, 0.1) is 28.6 Å². The molecule has 0 aliphatic heterocycles. The van der Waals surface area contributed by atoms with E-state index in [0.717, 1.165) is 17.8 Å². The lowest BCUT2D eigenvalue weighted by atomic mass is 9.86. The van der Waals surface area contributed by atoms with Gasteiger partial charge >= 0.3 is 0 Å². The van der Waals surface area contributed by atoms with Crippen LogP contribution in [0.2, 0.25) is 0 Å². The monoisotopic (exact) mass is 314 g/mol. The Morgan fingerprint density at radius 1 is 0.591 bits per heavy atom. The zero-order chi connectivity index (χ0) is 18.6. The Labute approximate surface area is 144 Å². The Kier molecular flexibility index (Phi) is 16.4. The Morgan fingerprint density at radius 2 is 0.955 bits per heavy atom. The van der Waals surface area contributed by atoms with Crippen molar-refractivity contribution in [3.8, 4) is 0 Å². The highest BCUT2D eigenvalue weighted by Crippen LogP contribution is 2.23. The number of rotatable bonds is 4. The Hall–Kier alpha value is 0. The molecule has 0 unspecified atom stereocenters. The summed E-state index contributed by atoms with van der Waals surface area (Å²) in [6, 6.07) is 0. The van der Waals surface area contributed by atoms with E-state index in [-0.39, 0.29) is 0 Å².